The van der Waals surface area contributed by atoms with Gasteiger partial charge in [-0.2, -0.15) is 0 Å². The van der Waals surface area contributed by atoms with E-state index < -0.39 is 30.3 Å². The van der Waals surface area contributed by atoms with Crippen LogP contribution in [0, 0.1) is 0 Å². The van der Waals surface area contributed by atoms with Crippen LogP contribution in [-0.4, -0.2) is 55.7 Å². The normalized spacial score (nSPS) is 22.8. The molecular weight excluding hydrogens is 427 g/mol. The lowest BCUT2D eigenvalue weighted by molar-refractivity contribution is -0.138. The van der Waals surface area contributed by atoms with Crippen molar-refractivity contribution in [3.63, 3.8) is 0 Å². The molecule has 7 heteroatoms. The molecule has 4 atom stereocenters. The van der Waals surface area contributed by atoms with Crippen LogP contribution in [0.25, 0.3) is 0 Å². The number of rotatable bonds is 8. The first-order chi connectivity index (χ1) is 16.0. The molecule has 0 aliphatic carbocycles. The number of aliphatic hydroxyl groups excluding tert-OH is 2. The van der Waals surface area contributed by atoms with E-state index >= 15 is 0 Å². The number of hydrogen-bond acceptors (Lipinski definition) is 6. The molecule has 0 saturated carbocycles. The molecule has 0 unspecified atom stereocenters. The van der Waals surface area contributed by atoms with Crippen molar-refractivity contribution in [1.82, 2.24) is 0 Å². The zero-order valence-electron chi connectivity index (χ0n) is 18.4. The largest absolute Gasteiger partial charge is 0.497 e. The SMILES string of the molecule is COc1ccc(C(OC[C@H]2O[C@@H](O)[C@H](F)[C@@H]2O)(c2ccccc2)c2ccc(OC)cc2)cc1. The molecular formula is C26H27FO6. The highest BCUT2D eigenvalue weighted by Crippen LogP contribution is 2.42. The molecule has 6 nitrogen and oxygen atoms in total. The van der Waals surface area contributed by atoms with Crippen LogP contribution in [0.15, 0.2) is 78.9 Å². The third kappa shape index (κ3) is 4.45. The summed E-state index contributed by atoms with van der Waals surface area (Å²) < 4.78 is 36.4. The molecule has 4 rings (SSSR count). The Morgan fingerprint density at radius 2 is 1.27 bits per heavy atom. The zero-order chi connectivity index (χ0) is 23.4. The fraction of sp³-hybridized carbons (Fsp3) is 0.308. The number of halogens is 1. The van der Waals surface area contributed by atoms with Gasteiger partial charge in [-0.05, 0) is 41.0 Å². The molecule has 1 heterocycles. The summed E-state index contributed by atoms with van der Waals surface area (Å²) in [5, 5.41) is 19.9. The van der Waals surface area contributed by atoms with Gasteiger partial charge in [0.05, 0.1) is 20.8 Å². The number of methoxy groups -OCH3 is 2. The Balaban J connectivity index is 1.83. The summed E-state index contributed by atoms with van der Waals surface area (Å²) in [6.07, 6.45) is -6.12. The summed E-state index contributed by atoms with van der Waals surface area (Å²) in [7, 11) is 3.19. The van der Waals surface area contributed by atoms with Crippen LogP contribution >= 0.6 is 0 Å². The summed E-state index contributed by atoms with van der Waals surface area (Å²) in [5.74, 6) is 1.38. The maximum atomic E-state index is 14.0. The van der Waals surface area contributed by atoms with Gasteiger partial charge in [-0.25, -0.2) is 4.39 Å². The van der Waals surface area contributed by atoms with E-state index in [0.29, 0.717) is 11.5 Å². The highest BCUT2D eigenvalue weighted by molar-refractivity contribution is 5.49. The van der Waals surface area contributed by atoms with Crippen molar-refractivity contribution in [1.29, 1.82) is 0 Å². The first-order valence-corrected chi connectivity index (χ1v) is 10.6. The number of hydrogen-bond donors (Lipinski definition) is 2. The van der Waals surface area contributed by atoms with Gasteiger partial charge in [0.2, 0.25) is 0 Å². The van der Waals surface area contributed by atoms with Gasteiger partial charge >= 0.3 is 0 Å². The van der Waals surface area contributed by atoms with Crippen LogP contribution in [0.1, 0.15) is 16.7 Å². The van der Waals surface area contributed by atoms with Crippen LogP contribution in [0.3, 0.4) is 0 Å². The Hall–Kier alpha value is -2.97. The van der Waals surface area contributed by atoms with Crippen molar-refractivity contribution in [2.45, 2.75) is 30.3 Å². The molecule has 1 aliphatic heterocycles. The van der Waals surface area contributed by atoms with Gasteiger partial charge in [0.1, 0.15) is 29.3 Å². The predicted octanol–water partition coefficient (Wildman–Crippen LogP) is 3.43. The molecule has 33 heavy (non-hydrogen) atoms. The van der Waals surface area contributed by atoms with Gasteiger partial charge in [0, 0.05) is 0 Å². The fourth-order valence-corrected chi connectivity index (χ4v) is 4.13. The quantitative estimate of drug-likeness (QED) is 0.508. The monoisotopic (exact) mass is 454 g/mol. The van der Waals surface area contributed by atoms with Gasteiger partial charge in [0.25, 0.3) is 0 Å². The Kier molecular flexibility index (Phi) is 6.95. The summed E-state index contributed by atoms with van der Waals surface area (Å²) in [6, 6.07) is 24.5. The second kappa shape index (κ2) is 9.89. The van der Waals surface area contributed by atoms with Gasteiger partial charge in [-0.1, -0.05) is 54.6 Å². The summed E-state index contributed by atoms with van der Waals surface area (Å²) >= 11 is 0. The van der Waals surface area contributed by atoms with Gasteiger partial charge in [-0.15, -0.1) is 0 Å². The molecule has 1 saturated heterocycles. The summed E-state index contributed by atoms with van der Waals surface area (Å²) in [4.78, 5) is 0. The van der Waals surface area contributed by atoms with Crippen LogP contribution in [0.5, 0.6) is 11.5 Å². The lowest BCUT2D eigenvalue weighted by Crippen LogP contribution is -2.39. The van der Waals surface area contributed by atoms with E-state index in [1.54, 1.807) is 14.2 Å². The third-order valence-electron chi connectivity index (χ3n) is 5.93. The minimum Gasteiger partial charge on any atom is -0.497 e. The second-order valence-corrected chi connectivity index (χ2v) is 7.82. The van der Waals surface area contributed by atoms with E-state index in [1.165, 1.54) is 0 Å². The Morgan fingerprint density at radius 3 is 1.70 bits per heavy atom. The molecule has 0 spiro atoms. The average Bonchev–Trinajstić information content (AvgIpc) is 3.12. The number of benzene rings is 3. The van der Waals surface area contributed by atoms with E-state index in [0.717, 1.165) is 16.7 Å². The first kappa shape index (κ1) is 23.2. The third-order valence-corrected chi connectivity index (χ3v) is 5.93. The van der Waals surface area contributed by atoms with Gasteiger partial charge < -0.3 is 29.2 Å². The lowest BCUT2D eigenvalue weighted by Gasteiger charge is -2.37. The Morgan fingerprint density at radius 1 is 0.788 bits per heavy atom. The Bertz CT molecular complexity index is 977. The molecule has 1 fully saturated rings. The maximum absolute atomic E-state index is 14.0. The van der Waals surface area contributed by atoms with Gasteiger partial charge in [-0.3, -0.25) is 0 Å². The van der Waals surface area contributed by atoms with E-state index in [-0.39, 0.29) is 6.61 Å². The van der Waals surface area contributed by atoms with Gasteiger partial charge in [0.15, 0.2) is 12.5 Å². The molecule has 0 aromatic heterocycles. The van der Waals surface area contributed by atoms with Crippen LogP contribution in [-0.2, 0) is 15.1 Å². The van der Waals surface area contributed by atoms with E-state index in [2.05, 4.69) is 0 Å². The standard InChI is InChI=1S/C26H27FO6/c1-30-20-12-8-18(9-13-20)26(17-6-4-3-5-7-17,19-10-14-21(31-2)15-11-19)32-16-22-24(28)23(27)25(29)33-22/h3-15,22-25,28-29H,16H2,1-2H3/t22-,23-,24-,25-/m1/s1. The molecule has 174 valence electrons. The topological polar surface area (TPSA) is 77.4 Å². The minimum absolute atomic E-state index is 0.161. The van der Waals surface area contributed by atoms with Crippen molar-refractivity contribution in [2.24, 2.45) is 0 Å². The molecule has 1 aliphatic rings. The van der Waals surface area contributed by atoms with Crippen LogP contribution in [0.4, 0.5) is 4.39 Å². The molecule has 2 N–H and O–H groups in total. The Labute approximate surface area is 192 Å². The predicted molar refractivity (Wildman–Crippen MR) is 120 cm³/mol. The van der Waals surface area contributed by atoms with Crippen LogP contribution in [0.2, 0.25) is 0 Å². The molecule has 3 aromatic rings. The highest BCUT2D eigenvalue weighted by atomic mass is 19.1. The van der Waals surface area contributed by atoms with Crippen molar-refractivity contribution in [3.8, 4) is 11.5 Å². The minimum atomic E-state index is -1.90. The maximum Gasteiger partial charge on any atom is 0.189 e. The fourth-order valence-electron chi connectivity index (χ4n) is 4.13. The smallest absolute Gasteiger partial charge is 0.189 e. The molecule has 0 bridgehead atoms. The lowest BCUT2D eigenvalue weighted by atomic mass is 9.80. The summed E-state index contributed by atoms with van der Waals surface area (Å²) in [5.41, 5.74) is 1.29. The number of ether oxygens (including phenoxy) is 4. The number of alkyl halides is 1. The molecule has 3 aromatic carbocycles. The summed E-state index contributed by atoms with van der Waals surface area (Å²) in [6.45, 7) is -0.161. The van der Waals surface area contributed by atoms with Crippen LogP contribution < -0.4 is 9.47 Å². The highest BCUT2D eigenvalue weighted by Gasteiger charge is 2.46. The first-order valence-electron chi connectivity index (χ1n) is 10.6. The zero-order valence-corrected chi connectivity index (χ0v) is 18.4. The van der Waals surface area contributed by atoms with Crippen molar-refractivity contribution >= 4 is 0 Å². The number of aliphatic hydroxyl groups is 2. The van der Waals surface area contributed by atoms with E-state index in [1.807, 2.05) is 78.9 Å². The van der Waals surface area contributed by atoms with E-state index in [9.17, 15) is 14.6 Å². The molecule has 0 radical (unpaired) electrons. The van der Waals surface area contributed by atoms with Crippen molar-refractivity contribution < 1.29 is 33.6 Å². The molecule has 0 amide bonds. The second-order valence-electron chi connectivity index (χ2n) is 7.82. The van der Waals surface area contributed by atoms with Crippen molar-refractivity contribution in [3.05, 3.63) is 95.6 Å². The van der Waals surface area contributed by atoms with E-state index in [4.69, 9.17) is 18.9 Å². The average molecular weight is 454 g/mol. The van der Waals surface area contributed by atoms with Crippen molar-refractivity contribution in [2.75, 3.05) is 20.8 Å².